The highest BCUT2D eigenvalue weighted by Crippen LogP contribution is 2.61. The van der Waals surface area contributed by atoms with Crippen molar-refractivity contribution in [3.05, 3.63) is 0 Å². The van der Waals surface area contributed by atoms with Crippen LogP contribution >= 0.6 is 17.1 Å². The van der Waals surface area contributed by atoms with Crippen LogP contribution in [0.2, 0.25) is 0 Å². The molecule has 0 aromatic rings. The summed E-state index contributed by atoms with van der Waals surface area (Å²) in [6.45, 7) is 6.12. The van der Waals surface area contributed by atoms with Crippen LogP contribution in [0.15, 0.2) is 0 Å². The van der Waals surface area contributed by atoms with Gasteiger partial charge >= 0.3 is 0 Å². The molecule has 0 unspecified atom stereocenters. The molecule has 0 saturated carbocycles. The minimum absolute atomic E-state index is 0.0270. The van der Waals surface area contributed by atoms with Crippen molar-refractivity contribution in [2.45, 2.75) is 20.8 Å². The molecule has 0 atom stereocenters. The number of rotatable bonds is 8. The highest BCUT2D eigenvalue weighted by molar-refractivity contribution is 8.69. The Labute approximate surface area is 101 Å². The second-order valence-electron chi connectivity index (χ2n) is 2.56. The van der Waals surface area contributed by atoms with E-state index in [-0.39, 0.29) is 10.8 Å². The molecule has 0 aliphatic carbocycles. The van der Waals surface area contributed by atoms with Gasteiger partial charge in [-0.1, -0.05) is 18.3 Å². The zero-order chi connectivity index (χ0) is 11.9. The minimum Gasteiger partial charge on any atom is -0.322 e. The van der Waals surface area contributed by atoms with Crippen molar-refractivity contribution >= 4 is 38.7 Å². The van der Waals surface area contributed by atoms with Gasteiger partial charge in [-0.3, -0.25) is 0 Å². The first kappa shape index (κ1) is 15.9. The molecule has 15 heavy (non-hydrogen) atoms. The predicted molar refractivity (Wildman–Crippen MR) is 69.5 cm³/mol. The summed E-state index contributed by atoms with van der Waals surface area (Å²) >= 11 is 6.28. The van der Waals surface area contributed by atoms with Crippen molar-refractivity contribution < 1.29 is 17.5 Å². The van der Waals surface area contributed by atoms with Gasteiger partial charge in [0.15, 0.2) is 9.84 Å². The van der Waals surface area contributed by atoms with Crippen molar-refractivity contribution in [1.82, 2.24) is 0 Å². The van der Waals surface area contributed by atoms with Crippen LogP contribution in [-0.4, -0.2) is 32.5 Å². The average molecular weight is 292 g/mol. The van der Waals surface area contributed by atoms with E-state index in [1.165, 1.54) is 0 Å². The van der Waals surface area contributed by atoms with Gasteiger partial charge in [0, 0.05) is 5.75 Å². The molecule has 0 aliphatic heterocycles. The Morgan fingerprint density at radius 2 is 1.67 bits per heavy atom. The quantitative estimate of drug-likeness (QED) is 0.640. The van der Waals surface area contributed by atoms with E-state index in [1.54, 1.807) is 6.92 Å². The summed E-state index contributed by atoms with van der Waals surface area (Å²) in [5.74, 6) is 0.119. The van der Waals surface area contributed by atoms with Gasteiger partial charge < -0.3 is 9.05 Å². The Balaban J connectivity index is 4.37. The van der Waals surface area contributed by atoms with Crippen molar-refractivity contribution in [2.24, 2.45) is 0 Å². The fraction of sp³-hybridized carbons (Fsp3) is 1.00. The van der Waals surface area contributed by atoms with Crippen LogP contribution in [0.1, 0.15) is 20.8 Å². The van der Waals surface area contributed by atoms with Crippen LogP contribution in [0, 0.1) is 0 Å². The van der Waals surface area contributed by atoms with E-state index in [4.69, 9.17) is 20.9 Å². The van der Waals surface area contributed by atoms with E-state index in [0.29, 0.717) is 13.2 Å². The van der Waals surface area contributed by atoms with Crippen LogP contribution in [0.3, 0.4) is 0 Å². The average Bonchev–Trinajstić information content (AvgIpc) is 2.16. The Bertz CT molecular complexity index is 304. The third-order valence-electron chi connectivity index (χ3n) is 1.40. The lowest BCUT2D eigenvalue weighted by Crippen LogP contribution is -2.06. The maximum atomic E-state index is 11.3. The molecule has 8 heteroatoms. The van der Waals surface area contributed by atoms with Gasteiger partial charge in [-0.05, 0) is 25.7 Å². The molecule has 0 radical (unpaired) electrons. The molecule has 0 N–H and O–H groups in total. The lowest BCUT2D eigenvalue weighted by molar-refractivity contribution is 0.280. The zero-order valence-corrected chi connectivity index (χ0v) is 12.5. The lowest BCUT2D eigenvalue weighted by atomic mass is 10.9. The largest absolute Gasteiger partial charge is 0.322 e. The lowest BCUT2D eigenvalue weighted by Gasteiger charge is -2.19. The first-order chi connectivity index (χ1) is 6.89. The van der Waals surface area contributed by atoms with Crippen LogP contribution < -0.4 is 0 Å². The molecule has 0 bridgehead atoms. The molecular formula is C7H17O4PS3. The first-order valence-corrected chi connectivity index (χ1v) is 10.7. The minimum atomic E-state index is -3.03. The van der Waals surface area contributed by atoms with Crippen molar-refractivity contribution in [2.75, 3.05) is 24.1 Å². The van der Waals surface area contributed by atoms with Crippen LogP contribution in [0.25, 0.3) is 0 Å². The van der Waals surface area contributed by atoms with Gasteiger partial charge in [0.25, 0.3) is 0 Å². The molecule has 0 aromatic heterocycles. The van der Waals surface area contributed by atoms with Gasteiger partial charge in [-0.25, -0.2) is 8.42 Å². The van der Waals surface area contributed by atoms with Crippen LogP contribution in [0.4, 0.5) is 0 Å². The van der Waals surface area contributed by atoms with Gasteiger partial charge in [0.1, 0.15) is 5.08 Å². The van der Waals surface area contributed by atoms with E-state index >= 15 is 0 Å². The number of hydrogen-bond acceptors (Lipinski definition) is 6. The molecule has 0 saturated heterocycles. The van der Waals surface area contributed by atoms with E-state index in [0.717, 1.165) is 11.4 Å². The second kappa shape index (κ2) is 7.25. The van der Waals surface area contributed by atoms with Gasteiger partial charge in [0.05, 0.1) is 13.2 Å². The molecule has 0 rings (SSSR count). The Morgan fingerprint density at radius 1 is 1.20 bits per heavy atom. The van der Waals surface area contributed by atoms with Crippen LogP contribution in [0.5, 0.6) is 0 Å². The summed E-state index contributed by atoms with van der Waals surface area (Å²) in [5.41, 5.74) is -2.46. The normalized spacial score (nSPS) is 13.0. The molecule has 0 amide bonds. The number of sulfone groups is 1. The van der Waals surface area contributed by atoms with E-state index in [2.05, 4.69) is 0 Å². The predicted octanol–water partition coefficient (Wildman–Crippen LogP) is 2.41. The van der Waals surface area contributed by atoms with Crippen molar-refractivity contribution in [3.8, 4) is 0 Å². The summed E-state index contributed by atoms with van der Waals surface area (Å²) < 4.78 is 33.2. The molecule has 0 heterocycles. The third kappa shape index (κ3) is 6.92. The standard InChI is InChI=1S/C7H17O4PS3/c1-4-10-12(13,11-5-2)14-7-15(8,9)6-3/h4-7H2,1-3H3. The van der Waals surface area contributed by atoms with E-state index in [9.17, 15) is 8.42 Å². The molecule has 0 aromatic carbocycles. The summed E-state index contributed by atoms with van der Waals surface area (Å²) in [6, 6.07) is 0. The van der Waals surface area contributed by atoms with Crippen molar-refractivity contribution in [1.29, 1.82) is 0 Å². The smallest absolute Gasteiger partial charge is 0.248 e. The topological polar surface area (TPSA) is 52.6 Å². The molecule has 0 fully saturated rings. The van der Waals surface area contributed by atoms with Gasteiger partial charge in [0.2, 0.25) is 5.69 Å². The monoisotopic (exact) mass is 292 g/mol. The fourth-order valence-corrected chi connectivity index (χ4v) is 8.82. The molecule has 4 nitrogen and oxygen atoms in total. The molecule has 0 aliphatic rings. The highest BCUT2D eigenvalue weighted by atomic mass is 32.9. The maximum Gasteiger partial charge on any atom is 0.248 e. The Hall–Kier alpha value is 0.870. The summed E-state index contributed by atoms with van der Waals surface area (Å²) in [4.78, 5) is 0. The van der Waals surface area contributed by atoms with Gasteiger partial charge in [-0.15, -0.1) is 0 Å². The third-order valence-corrected chi connectivity index (χ3v) is 9.72. The second-order valence-corrected chi connectivity index (χ2v) is 11.6. The summed E-state index contributed by atoms with van der Waals surface area (Å²) in [5, 5.41) is -0.0270. The number of hydrogen-bond donors (Lipinski definition) is 0. The highest BCUT2D eigenvalue weighted by Gasteiger charge is 2.22. The molecular weight excluding hydrogens is 275 g/mol. The van der Waals surface area contributed by atoms with Crippen molar-refractivity contribution in [3.63, 3.8) is 0 Å². The Kier molecular flexibility index (Phi) is 7.67. The van der Waals surface area contributed by atoms with E-state index < -0.39 is 15.5 Å². The van der Waals surface area contributed by atoms with Crippen LogP contribution in [-0.2, 0) is 30.7 Å². The summed E-state index contributed by atoms with van der Waals surface area (Å²) in [7, 11) is -3.03. The molecule has 92 valence electrons. The van der Waals surface area contributed by atoms with E-state index in [1.807, 2.05) is 13.8 Å². The zero-order valence-electron chi connectivity index (χ0n) is 9.13. The Morgan fingerprint density at radius 3 is 2.00 bits per heavy atom. The first-order valence-electron chi connectivity index (χ1n) is 4.63. The fourth-order valence-electron chi connectivity index (χ4n) is 0.656. The maximum absolute atomic E-state index is 11.3. The molecule has 0 spiro atoms. The summed E-state index contributed by atoms with van der Waals surface area (Å²) in [6.07, 6.45) is 0. The van der Waals surface area contributed by atoms with Gasteiger partial charge in [-0.2, -0.15) is 0 Å². The SMILES string of the molecule is CCOP(=S)(OCC)SCS(=O)(=O)CC.